The minimum Gasteiger partial charge on any atom is -0.458 e. The Bertz CT molecular complexity index is 1460. The van der Waals surface area contributed by atoms with Crippen molar-refractivity contribution in [1.29, 1.82) is 0 Å². The highest BCUT2D eigenvalue weighted by Crippen LogP contribution is 2.41. The Balaban J connectivity index is 1.50. The molecule has 2 N–H and O–H groups in total. The molecule has 2 aliphatic rings. The molecule has 0 saturated carbocycles. The fourth-order valence-corrected chi connectivity index (χ4v) is 4.44. The van der Waals surface area contributed by atoms with Crippen LogP contribution in [0, 0.1) is 0 Å². The van der Waals surface area contributed by atoms with Crippen molar-refractivity contribution in [2.24, 2.45) is 0 Å². The van der Waals surface area contributed by atoms with E-state index in [4.69, 9.17) is 21.1 Å². The summed E-state index contributed by atoms with van der Waals surface area (Å²) < 4.78 is 11.1. The second-order valence-electron chi connectivity index (χ2n) is 9.24. The number of ether oxygens (including phenoxy) is 2. The molecular weight excluding hydrogens is 504 g/mol. The molecule has 38 heavy (non-hydrogen) atoms. The van der Waals surface area contributed by atoms with E-state index < -0.39 is 0 Å². The van der Waals surface area contributed by atoms with Crippen LogP contribution in [0.25, 0.3) is 11.3 Å². The number of hydrogen-bond donors (Lipinski definition) is 2. The molecule has 0 radical (unpaired) electrons. The summed E-state index contributed by atoms with van der Waals surface area (Å²) >= 11 is 6.17. The van der Waals surface area contributed by atoms with Crippen LogP contribution in [0.4, 0.5) is 17.1 Å². The van der Waals surface area contributed by atoms with Gasteiger partial charge < -0.3 is 29.9 Å². The van der Waals surface area contributed by atoms with Gasteiger partial charge in [-0.3, -0.25) is 9.59 Å². The summed E-state index contributed by atoms with van der Waals surface area (Å²) in [6.45, 7) is 0.680. The smallest absolute Gasteiger partial charge is 0.258 e. The van der Waals surface area contributed by atoms with E-state index in [1.54, 1.807) is 30.1 Å². The van der Waals surface area contributed by atoms with Gasteiger partial charge in [0.25, 0.3) is 5.91 Å². The van der Waals surface area contributed by atoms with Crippen LogP contribution in [0.5, 0.6) is 11.5 Å². The molecule has 0 spiro atoms. The number of nitrogens with one attached hydrogen (secondary N) is 2. The molecule has 9 heteroatoms. The molecule has 0 bridgehead atoms. The summed E-state index contributed by atoms with van der Waals surface area (Å²) in [7, 11) is 5.65. The van der Waals surface area contributed by atoms with Gasteiger partial charge in [0.05, 0.1) is 17.0 Å². The highest BCUT2D eigenvalue weighted by atomic mass is 35.5. The maximum absolute atomic E-state index is 13.2. The number of carbonyl (C=O) groups is 2. The van der Waals surface area contributed by atoms with E-state index in [1.165, 1.54) is 12.5 Å². The third-order valence-corrected chi connectivity index (χ3v) is 6.56. The standard InChI is InChI=1S/C29H27ClN4O4/c1-33(2)13-12-26(35)34(3)21-8-6-20(7-9-21)31-28(18-4-11-24-25(16-18)38-15-14-37-24)27-22-10-5-19(30)17-23(22)32-29(27)36/h4-11,14-17,31H,12-13H2,1-3H3,(H,32,36)/b28-27-. The van der Waals surface area contributed by atoms with Crippen molar-refractivity contribution in [3.05, 3.63) is 89.3 Å². The summed E-state index contributed by atoms with van der Waals surface area (Å²) in [6.07, 6.45) is 3.35. The van der Waals surface area contributed by atoms with Crippen molar-refractivity contribution in [3.63, 3.8) is 0 Å². The number of hydrogen-bond acceptors (Lipinski definition) is 6. The predicted molar refractivity (Wildman–Crippen MR) is 150 cm³/mol. The number of nitrogens with zero attached hydrogens (tertiary/aromatic N) is 2. The van der Waals surface area contributed by atoms with Gasteiger partial charge in [0.1, 0.15) is 12.5 Å². The average Bonchev–Trinajstić information content (AvgIpc) is 3.24. The number of anilines is 3. The minimum absolute atomic E-state index is 0.0328. The van der Waals surface area contributed by atoms with Gasteiger partial charge in [0.2, 0.25) is 5.91 Å². The molecule has 2 aliphatic heterocycles. The molecule has 3 aromatic carbocycles. The number of carbonyl (C=O) groups excluding carboxylic acids is 2. The van der Waals surface area contributed by atoms with Crippen LogP contribution >= 0.6 is 11.6 Å². The molecule has 2 amide bonds. The van der Waals surface area contributed by atoms with Crippen LogP contribution < -0.4 is 25.0 Å². The van der Waals surface area contributed by atoms with Crippen LogP contribution in [-0.4, -0.2) is 44.4 Å². The first-order valence-corrected chi connectivity index (χ1v) is 12.4. The zero-order valence-electron chi connectivity index (χ0n) is 21.2. The second-order valence-corrected chi connectivity index (χ2v) is 9.68. The summed E-state index contributed by atoms with van der Waals surface area (Å²) in [5, 5.41) is 6.87. The monoisotopic (exact) mass is 530 g/mol. The Kier molecular flexibility index (Phi) is 7.09. The van der Waals surface area contributed by atoms with Crippen molar-refractivity contribution in [2.75, 3.05) is 43.2 Å². The van der Waals surface area contributed by atoms with Crippen LogP contribution in [0.1, 0.15) is 17.5 Å². The molecular formula is C29H27ClN4O4. The van der Waals surface area contributed by atoms with Gasteiger partial charge in [-0.2, -0.15) is 0 Å². The topological polar surface area (TPSA) is 83.1 Å². The molecule has 0 aromatic heterocycles. The minimum atomic E-state index is -0.248. The molecule has 0 fully saturated rings. The Hall–Kier alpha value is -4.27. The number of fused-ring (bicyclic) bond motifs is 2. The molecule has 8 nitrogen and oxygen atoms in total. The van der Waals surface area contributed by atoms with Crippen LogP contribution in [-0.2, 0) is 9.59 Å². The quantitative estimate of drug-likeness (QED) is 0.396. The third-order valence-electron chi connectivity index (χ3n) is 6.33. The van der Waals surface area contributed by atoms with Gasteiger partial charge in [-0.05, 0) is 68.7 Å². The van der Waals surface area contributed by atoms with E-state index in [0.717, 1.165) is 22.5 Å². The lowest BCUT2D eigenvalue weighted by Crippen LogP contribution is -2.29. The zero-order chi connectivity index (χ0) is 26.8. The number of rotatable bonds is 7. The summed E-state index contributed by atoms with van der Waals surface area (Å²) in [6, 6.07) is 18.3. The zero-order valence-corrected chi connectivity index (χ0v) is 22.0. The Morgan fingerprint density at radius 1 is 0.947 bits per heavy atom. The average molecular weight is 531 g/mol. The van der Waals surface area contributed by atoms with E-state index >= 15 is 0 Å². The van der Waals surface area contributed by atoms with Crippen molar-refractivity contribution in [2.45, 2.75) is 6.42 Å². The Labute approximate surface area is 226 Å². The SMILES string of the molecule is CN(C)CCC(=O)N(C)c1ccc(N/C(=C2\C(=O)Nc3cc(Cl)ccc32)c2ccc3c(c2)OC=CO3)cc1. The lowest BCUT2D eigenvalue weighted by atomic mass is 9.99. The Morgan fingerprint density at radius 2 is 1.68 bits per heavy atom. The summed E-state index contributed by atoms with van der Waals surface area (Å²) in [5.74, 6) is 0.899. The lowest BCUT2D eigenvalue weighted by molar-refractivity contribution is -0.118. The third kappa shape index (κ3) is 5.22. The predicted octanol–water partition coefficient (Wildman–Crippen LogP) is 5.43. The highest BCUT2D eigenvalue weighted by molar-refractivity contribution is 6.38. The first kappa shape index (κ1) is 25.4. The first-order chi connectivity index (χ1) is 18.3. The fraction of sp³-hybridized carbons (Fsp3) is 0.172. The summed E-state index contributed by atoms with van der Waals surface area (Å²) in [4.78, 5) is 29.4. The van der Waals surface area contributed by atoms with Crippen LogP contribution in [0.3, 0.4) is 0 Å². The van der Waals surface area contributed by atoms with Gasteiger partial charge in [-0.15, -0.1) is 0 Å². The highest BCUT2D eigenvalue weighted by Gasteiger charge is 2.29. The molecule has 0 unspecified atom stereocenters. The van der Waals surface area contributed by atoms with Gasteiger partial charge >= 0.3 is 0 Å². The fourth-order valence-electron chi connectivity index (χ4n) is 4.27. The molecule has 2 heterocycles. The normalized spacial score (nSPS) is 14.7. The van der Waals surface area contributed by atoms with Crippen LogP contribution in [0.2, 0.25) is 5.02 Å². The van der Waals surface area contributed by atoms with Gasteiger partial charge in [-0.1, -0.05) is 17.7 Å². The van der Waals surface area contributed by atoms with Crippen molar-refractivity contribution < 1.29 is 19.1 Å². The van der Waals surface area contributed by atoms with E-state index in [-0.39, 0.29) is 11.8 Å². The Morgan fingerprint density at radius 3 is 2.42 bits per heavy atom. The first-order valence-electron chi connectivity index (χ1n) is 12.1. The van der Waals surface area contributed by atoms with Crippen molar-refractivity contribution in [3.8, 4) is 11.5 Å². The lowest BCUT2D eigenvalue weighted by Gasteiger charge is -2.20. The van der Waals surface area contributed by atoms with Crippen LogP contribution in [0.15, 0.2) is 73.2 Å². The van der Waals surface area contributed by atoms with Gasteiger partial charge in [0.15, 0.2) is 11.5 Å². The molecule has 0 atom stereocenters. The maximum Gasteiger partial charge on any atom is 0.258 e. The molecule has 0 saturated heterocycles. The summed E-state index contributed by atoms with van der Waals surface area (Å²) in [5.41, 5.74) is 4.70. The molecule has 0 aliphatic carbocycles. The van der Waals surface area contributed by atoms with E-state index in [2.05, 4.69) is 10.6 Å². The molecule has 5 rings (SSSR count). The molecule has 194 valence electrons. The van der Waals surface area contributed by atoms with Gasteiger partial charge in [-0.25, -0.2) is 0 Å². The van der Waals surface area contributed by atoms with Gasteiger partial charge in [0, 0.05) is 47.5 Å². The van der Waals surface area contributed by atoms with Crippen molar-refractivity contribution >= 4 is 51.7 Å². The number of amides is 2. The van der Waals surface area contributed by atoms with Crippen molar-refractivity contribution in [1.82, 2.24) is 4.90 Å². The van der Waals surface area contributed by atoms with E-state index in [0.29, 0.717) is 46.4 Å². The number of halogens is 1. The number of benzene rings is 3. The maximum atomic E-state index is 13.2. The second kappa shape index (κ2) is 10.6. The molecule has 3 aromatic rings. The largest absolute Gasteiger partial charge is 0.458 e. The van der Waals surface area contributed by atoms with E-state index in [9.17, 15) is 9.59 Å². The van der Waals surface area contributed by atoms with E-state index in [1.807, 2.05) is 61.5 Å².